The molecule has 1 aliphatic rings. The first-order valence-corrected chi connectivity index (χ1v) is 6.41. The van der Waals surface area contributed by atoms with Gasteiger partial charge in [0, 0.05) is 24.6 Å². The van der Waals surface area contributed by atoms with Crippen LogP contribution in [0.5, 0.6) is 0 Å². The summed E-state index contributed by atoms with van der Waals surface area (Å²) >= 11 is 0. The summed E-state index contributed by atoms with van der Waals surface area (Å²) in [5, 5.41) is 0. The van der Waals surface area contributed by atoms with Crippen LogP contribution in [0, 0.1) is 5.92 Å². The Bertz CT molecular complexity index is 597. The SMILES string of the molecule is CC1Cc2ccccc2N(C(=O)c2cnccn2)C1. The van der Waals surface area contributed by atoms with Crippen molar-refractivity contribution in [2.24, 2.45) is 5.92 Å². The predicted octanol–water partition coefficient (Wildman–Crippen LogP) is 2.32. The summed E-state index contributed by atoms with van der Waals surface area (Å²) in [7, 11) is 0. The van der Waals surface area contributed by atoms with Crippen LogP contribution >= 0.6 is 0 Å². The van der Waals surface area contributed by atoms with Gasteiger partial charge in [0.05, 0.1) is 6.20 Å². The Balaban J connectivity index is 1.99. The number of nitrogens with zero attached hydrogens (tertiary/aromatic N) is 3. The molecule has 0 saturated carbocycles. The summed E-state index contributed by atoms with van der Waals surface area (Å²) in [4.78, 5) is 22.4. The van der Waals surface area contributed by atoms with E-state index in [0.29, 0.717) is 11.6 Å². The number of rotatable bonds is 1. The van der Waals surface area contributed by atoms with Crippen LogP contribution in [0.25, 0.3) is 0 Å². The van der Waals surface area contributed by atoms with Gasteiger partial charge in [0.25, 0.3) is 5.91 Å². The predicted molar refractivity (Wildman–Crippen MR) is 73.0 cm³/mol. The topological polar surface area (TPSA) is 46.1 Å². The zero-order chi connectivity index (χ0) is 13.2. The molecule has 0 spiro atoms. The maximum atomic E-state index is 12.5. The van der Waals surface area contributed by atoms with Gasteiger partial charge in [-0.15, -0.1) is 0 Å². The standard InChI is InChI=1S/C15H15N3O/c1-11-8-12-4-2-3-5-14(12)18(10-11)15(19)13-9-16-6-7-17-13/h2-7,9,11H,8,10H2,1H3. The zero-order valence-corrected chi connectivity index (χ0v) is 10.8. The highest BCUT2D eigenvalue weighted by Crippen LogP contribution is 2.30. The van der Waals surface area contributed by atoms with Gasteiger partial charge in [0.2, 0.25) is 0 Å². The van der Waals surface area contributed by atoms with Gasteiger partial charge in [-0.2, -0.15) is 0 Å². The Morgan fingerprint density at radius 2 is 2.16 bits per heavy atom. The summed E-state index contributed by atoms with van der Waals surface area (Å²) in [6.07, 6.45) is 5.65. The minimum Gasteiger partial charge on any atom is -0.306 e. The summed E-state index contributed by atoms with van der Waals surface area (Å²) in [5.41, 5.74) is 2.61. The third-order valence-electron chi connectivity index (χ3n) is 3.37. The normalized spacial score (nSPS) is 17.9. The molecule has 96 valence electrons. The lowest BCUT2D eigenvalue weighted by Crippen LogP contribution is -2.39. The van der Waals surface area contributed by atoms with E-state index in [9.17, 15) is 4.79 Å². The molecule has 0 N–H and O–H groups in total. The van der Waals surface area contributed by atoms with Crippen LogP contribution in [0.3, 0.4) is 0 Å². The van der Waals surface area contributed by atoms with Gasteiger partial charge in [-0.1, -0.05) is 25.1 Å². The molecule has 4 heteroatoms. The minimum atomic E-state index is -0.0768. The van der Waals surface area contributed by atoms with Gasteiger partial charge in [0.1, 0.15) is 5.69 Å². The molecule has 1 atom stereocenters. The van der Waals surface area contributed by atoms with E-state index in [-0.39, 0.29) is 5.91 Å². The van der Waals surface area contributed by atoms with Crippen molar-refractivity contribution in [3.8, 4) is 0 Å². The van der Waals surface area contributed by atoms with Crippen molar-refractivity contribution in [2.75, 3.05) is 11.4 Å². The first kappa shape index (κ1) is 11.8. The van der Waals surface area contributed by atoms with E-state index >= 15 is 0 Å². The number of aromatic nitrogens is 2. The smallest absolute Gasteiger partial charge is 0.278 e. The van der Waals surface area contributed by atoms with E-state index in [1.165, 1.54) is 11.8 Å². The van der Waals surface area contributed by atoms with Gasteiger partial charge in [-0.05, 0) is 24.0 Å². The third-order valence-corrected chi connectivity index (χ3v) is 3.37. The number of para-hydroxylation sites is 1. The molecular weight excluding hydrogens is 238 g/mol. The highest BCUT2D eigenvalue weighted by Gasteiger charge is 2.27. The van der Waals surface area contributed by atoms with Crippen LogP contribution in [0.4, 0.5) is 5.69 Å². The first-order valence-electron chi connectivity index (χ1n) is 6.41. The first-order chi connectivity index (χ1) is 9.25. The largest absolute Gasteiger partial charge is 0.306 e. The molecule has 0 aliphatic carbocycles. The summed E-state index contributed by atoms with van der Waals surface area (Å²) < 4.78 is 0. The molecule has 19 heavy (non-hydrogen) atoms. The Kier molecular flexibility index (Phi) is 2.99. The molecule has 0 bridgehead atoms. The van der Waals surface area contributed by atoms with E-state index in [1.807, 2.05) is 23.1 Å². The Morgan fingerprint density at radius 3 is 2.95 bits per heavy atom. The molecule has 1 unspecified atom stereocenters. The number of fused-ring (bicyclic) bond motifs is 1. The van der Waals surface area contributed by atoms with Gasteiger partial charge < -0.3 is 4.90 Å². The van der Waals surface area contributed by atoms with E-state index in [0.717, 1.165) is 18.7 Å². The molecular formula is C15H15N3O. The molecule has 0 fully saturated rings. The van der Waals surface area contributed by atoms with Crippen LogP contribution in [0.2, 0.25) is 0 Å². The highest BCUT2D eigenvalue weighted by atomic mass is 16.2. The molecule has 1 amide bonds. The molecule has 1 aliphatic heterocycles. The maximum Gasteiger partial charge on any atom is 0.278 e. The Morgan fingerprint density at radius 1 is 1.32 bits per heavy atom. The number of carbonyl (C=O) groups is 1. The quantitative estimate of drug-likeness (QED) is 0.783. The lowest BCUT2D eigenvalue weighted by molar-refractivity contribution is 0.0976. The van der Waals surface area contributed by atoms with Gasteiger partial charge in [-0.3, -0.25) is 9.78 Å². The van der Waals surface area contributed by atoms with E-state index in [4.69, 9.17) is 0 Å². The fourth-order valence-electron chi connectivity index (χ4n) is 2.54. The summed E-state index contributed by atoms with van der Waals surface area (Å²) in [6.45, 7) is 2.89. The third kappa shape index (κ3) is 2.21. The number of hydrogen-bond acceptors (Lipinski definition) is 3. The average molecular weight is 253 g/mol. The number of anilines is 1. The molecule has 1 aromatic heterocycles. The molecule has 1 aromatic carbocycles. The molecule has 0 radical (unpaired) electrons. The molecule has 2 aromatic rings. The van der Waals surface area contributed by atoms with E-state index in [1.54, 1.807) is 12.4 Å². The van der Waals surface area contributed by atoms with E-state index < -0.39 is 0 Å². The van der Waals surface area contributed by atoms with Crippen LogP contribution in [-0.2, 0) is 6.42 Å². The number of amides is 1. The fraction of sp³-hybridized carbons (Fsp3) is 0.267. The van der Waals surface area contributed by atoms with Crippen molar-refractivity contribution < 1.29 is 4.79 Å². The van der Waals surface area contributed by atoms with Crippen molar-refractivity contribution >= 4 is 11.6 Å². The van der Waals surface area contributed by atoms with E-state index in [2.05, 4.69) is 23.0 Å². The van der Waals surface area contributed by atoms with Crippen molar-refractivity contribution in [1.82, 2.24) is 9.97 Å². The van der Waals surface area contributed by atoms with Crippen LogP contribution in [0.1, 0.15) is 23.0 Å². The fourth-order valence-corrected chi connectivity index (χ4v) is 2.54. The molecule has 3 rings (SSSR count). The van der Waals surface area contributed by atoms with Crippen molar-refractivity contribution in [1.29, 1.82) is 0 Å². The minimum absolute atomic E-state index is 0.0768. The van der Waals surface area contributed by atoms with Gasteiger partial charge >= 0.3 is 0 Å². The summed E-state index contributed by atoms with van der Waals surface area (Å²) in [6, 6.07) is 8.06. The average Bonchev–Trinajstić information content (AvgIpc) is 2.46. The lowest BCUT2D eigenvalue weighted by atomic mass is 9.94. The number of hydrogen-bond donors (Lipinski definition) is 0. The van der Waals surface area contributed by atoms with Crippen LogP contribution in [-0.4, -0.2) is 22.4 Å². The second-order valence-electron chi connectivity index (χ2n) is 4.94. The van der Waals surface area contributed by atoms with Crippen molar-refractivity contribution in [3.05, 3.63) is 54.1 Å². The number of carbonyl (C=O) groups excluding carboxylic acids is 1. The molecule has 2 heterocycles. The number of benzene rings is 1. The Labute approximate surface area is 112 Å². The van der Waals surface area contributed by atoms with Gasteiger partial charge in [-0.25, -0.2) is 4.98 Å². The van der Waals surface area contributed by atoms with Gasteiger partial charge in [0.15, 0.2) is 0 Å². The zero-order valence-electron chi connectivity index (χ0n) is 10.8. The summed E-state index contributed by atoms with van der Waals surface area (Å²) in [5.74, 6) is 0.377. The maximum absolute atomic E-state index is 12.5. The van der Waals surface area contributed by atoms with Crippen LogP contribution < -0.4 is 4.90 Å². The van der Waals surface area contributed by atoms with Crippen LogP contribution in [0.15, 0.2) is 42.9 Å². The molecule has 0 saturated heterocycles. The molecule has 4 nitrogen and oxygen atoms in total. The van der Waals surface area contributed by atoms with Crippen molar-refractivity contribution in [2.45, 2.75) is 13.3 Å². The highest BCUT2D eigenvalue weighted by molar-refractivity contribution is 6.05. The second kappa shape index (κ2) is 4.80. The Hall–Kier alpha value is -2.23. The van der Waals surface area contributed by atoms with Crippen molar-refractivity contribution in [3.63, 3.8) is 0 Å². The lowest BCUT2D eigenvalue weighted by Gasteiger charge is -2.32. The second-order valence-corrected chi connectivity index (χ2v) is 4.94. The monoisotopic (exact) mass is 253 g/mol.